The third kappa shape index (κ3) is 4.04. The van der Waals surface area contributed by atoms with Gasteiger partial charge in [-0.2, -0.15) is 5.10 Å². The fourth-order valence-electron chi connectivity index (χ4n) is 1.07. The summed E-state index contributed by atoms with van der Waals surface area (Å²) in [6.45, 7) is 4.84. The van der Waals surface area contributed by atoms with Crippen LogP contribution in [0.2, 0.25) is 0 Å². The van der Waals surface area contributed by atoms with E-state index in [1.165, 1.54) is 0 Å². The highest BCUT2D eigenvalue weighted by Gasteiger charge is 2.02. The van der Waals surface area contributed by atoms with Crippen LogP contribution in [0.4, 0.5) is 0 Å². The topological polar surface area (TPSA) is 69.8 Å². The Morgan fingerprint density at radius 3 is 3.00 bits per heavy atom. The second kappa shape index (κ2) is 5.39. The molecule has 0 saturated heterocycles. The van der Waals surface area contributed by atoms with Gasteiger partial charge >= 0.3 is 0 Å². The van der Waals surface area contributed by atoms with E-state index in [4.69, 9.17) is 0 Å². The molecule has 0 unspecified atom stereocenters. The Bertz CT molecular complexity index is 268. The lowest BCUT2D eigenvalue weighted by Crippen LogP contribution is -2.37. The molecule has 0 atom stereocenters. The summed E-state index contributed by atoms with van der Waals surface area (Å²) in [5, 5.41) is 12.4. The number of hydrogen-bond donors (Lipinski definition) is 3. The predicted octanol–water partition coefficient (Wildman–Crippen LogP) is 0.0239. The van der Waals surface area contributed by atoms with Crippen molar-refractivity contribution in [3.05, 3.63) is 18.0 Å². The summed E-state index contributed by atoms with van der Waals surface area (Å²) in [5.74, 6) is 0.0134. The van der Waals surface area contributed by atoms with Crippen molar-refractivity contribution in [2.45, 2.75) is 26.4 Å². The molecule has 0 saturated carbocycles. The maximum atomic E-state index is 11.2. The van der Waals surface area contributed by atoms with Crippen LogP contribution in [0, 0.1) is 0 Å². The van der Waals surface area contributed by atoms with Gasteiger partial charge in [0.05, 0.1) is 6.54 Å². The molecule has 0 spiro atoms. The molecule has 1 aromatic rings. The number of nitrogens with one attached hydrogen (secondary N) is 3. The maximum absolute atomic E-state index is 11.2. The molecule has 0 aliphatic heterocycles. The van der Waals surface area contributed by atoms with Gasteiger partial charge in [-0.05, 0) is 19.9 Å². The quantitative estimate of drug-likeness (QED) is 0.622. The van der Waals surface area contributed by atoms with Crippen molar-refractivity contribution in [3.63, 3.8) is 0 Å². The Labute approximate surface area is 83.3 Å². The summed E-state index contributed by atoms with van der Waals surface area (Å²) in [6.07, 6.45) is 1.69. The molecule has 0 fully saturated rings. The van der Waals surface area contributed by atoms with Crippen LogP contribution >= 0.6 is 0 Å². The number of carbonyl (C=O) groups is 1. The van der Waals surface area contributed by atoms with Gasteiger partial charge in [0.15, 0.2) is 0 Å². The Kier molecular flexibility index (Phi) is 4.12. The summed E-state index contributed by atoms with van der Waals surface area (Å²) < 4.78 is 0. The second-order valence-corrected chi connectivity index (χ2v) is 3.41. The van der Waals surface area contributed by atoms with Gasteiger partial charge in [-0.3, -0.25) is 9.89 Å². The molecule has 5 heteroatoms. The molecule has 1 heterocycles. The first-order chi connectivity index (χ1) is 6.68. The Balaban J connectivity index is 2.12. The van der Waals surface area contributed by atoms with E-state index in [-0.39, 0.29) is 11.9 Å². The van der Waals surface area contributed by atoms with E-state index in [1.54, 1.807) is 6.20 Å². The van der Waals surface area contributed by atoms with Gasteiger partial charge in [-0.25, -0.2) is 0 Å². The first-order valence-electron chi connectivity index (χ1n) is 4.67. The summed E-state index contributed by atoms with van der Waals surface area (Å²) in [6, 6.07) is 2.06. The Morgan fingerprint density at radius 2 is 2.43 bits per heavy atom. The normalized spacial score (nSPS) is 10.5. The van der Waals surface area contributed by atoms with Crippen molar-refractivity contribution in [1.82, 2.24) is 20.8 Å². The van der Waals surface area contributed by atoms with Crippen LogP contribution in [0.3, 0.4) is 0 Å². The van der Waals surface area contributed by atoms with Gasteiger partial charge in [-0.15, -0.1) is 0 Å². The number of rotatable bonds is 5. The van der Waals surface area contributed by atoms with E-state index >= 15 is 0 Å². The highest BCUT2D eigenvalue weighted by molar-refractivity contribution is 5.78. The lowest BCUT2D eigenvalue weighted by Gasteiger charge is -2.08. The van der Waals surface area contributed by atoms with Crippen LogP contribution in [0.1, 0.15) is 19.5 Å². The van der Waals surface area contributed by atoms with E-state index in [1.807, 2.05) is 19.9 Å². The third-order valence-electron chi connectivity index (χ3n) is 1.61. The van der Waals surface area contributed by atoms with Gasteiger partial charge in [0.1, 0.15) is 0 Å². The van der Waals surface area contributed by atoms with E-state index < -0.39 is 0 Å². The highest BCUT2D eigenvalue weighted by atomic mass is 16.1. The van der Waals surface area contributed by atoms with Crippen LogP contribution in [-0.2, 0) is 11.3 Å². The number of aromatic amines is 1. The minimum Gasteiger partial charge on any atom is -0.353 e. The van der Waals surface area contributed by atoms with E-state index in [0.717, 1.165) is 5.69 Å². The van der Waals surface area contributed by atoms with E-state index in [2.05, 4.69) is 20.8 Å². The highest BCUT2D eigenvalue weighted by Crippen LogP contribution is 1.88. The molecule has 0 radical (unpaired) electrons. The predicted molar refractivity (Wildman–Crippen MR) is 53.6 cm³/mol. The SMILES string of the molecule is CC(C)NC(=O)CNCc1ccn[nH]1. The molecule has 78 valence electrons. The summed E-state index contributed by atoms with van der Waals surface area (Å²) in [4.78, 5) is 11.2. The van der Waals surface area contributed by atoms with Crippen LogP contribution in [0.15, 0.2) is 12.3 Å². The summed E-state index contributed by atoms with van der Waals surface area (Å²) in [7, 11) is 0. The minimum atomic E-state index is 0.0134. The first-order valence-corrected chi connectivity index (χ1v) is 4.67. The molecule has 0 aliphatic carbocycles. The molecule has 0 bridgehead atoms. The van der Waals surface area contributed by atoms with Crippen LogP contribution in [0.5, 0.6) is 0 Å². The second-order valence-electron chi connectivity index (χ2n) is 3.41. The zero-order valence-corrected chi connectivity index (χ0v) is 8.50. The van der Waals surface area contributed by atoms with Crippen molar-refractivity contribution in [3.8, 4) is 0 Å². The third-order valence-corrected chi connectivity index (χ3v) is 1.61. The lowest BCUT2D eigenvalue weighted by atomic mass is 10.4. The first kappa shape index (κ1) is 10.7. The Morgan fingerprint density at radius 1 is 1.64 bits per heavy atom. The smallest absolute Gasteiger partial charge is 0.234 e. The molecular formula is C9H16N4O. The minimum absolute atomic E-state index is 0.0134. The average molecular weight is 196 g/mol. The van der Waals surface area contributed by atoms with Crippen molar-refractivity contribution >= 4 is 5.91 Å². The number of amides is 1. The van der Waals surface area contributed by atoms with Crippen molar-refractivity contribution in [2.75, 3.05) is 6.54 Å². The van der Waals surface area contributed by atoms with Gasteiger partial charge in [0.2, 0.25) is 5.91 Å². The van der Waals surface area contributed by atoms with Gasteiger partial charge in [-0.1, -0.05) is 0 Å². The van der Waals surface area contributed by atoms with Gasteiger partial charge in [0.25, 0.3) is 0 Å². The maximum Gasteiger partial charge on any atom is 0.234 e. The Hall–Kier alpha value is -1.36. The number of carbonyl (C=O) groups excluding carboxylic acids is 1. The zero-order valence-electron chi connectivity index (χ0n) is 8.50. The van der Waals surface area contributed by atoms with E-state index in [9.17, 15) is 4.79 Å². The molecule has 0 aromatic carbocycles. The summed E-state index contributed by atoms with van der Waals surface area (Å²) in [5.41, 5.74) is 0.974. The number of H-pyrrole nitrogens is 1. The molecular weight excluding hydrogens is 180 g/mol. The average Bonchev–Trinajstić information content (AvgIpc) is 2.55. The fourth-order valence-corrected chi connectivity index (χ4v) is 1.07. The van der Waals surface area contributed by atoms with Gasteiger partial charge < -0.3 is 10.6 Å². The monoisotopic (exact) mass is 196 g/mol. The van der Waals surface area contributed by atoms with Crippen LogP contribution in [-0.4, -0.2) is 28.7 Å². The van der Waals surface area contributed by atoms with Crippen molar-refractivity contribution < 1.29 is 4.79 Å². The largest absolute Gasteiger partial charge is 0.353 e. The molecule has 0 aliphatic rings. The van der Waals surface area contributed by atoms with Crippen molar-refractivity contribution in [1.29, 1.82) is 0 Å². The molecule has 1 aromatic heterocycles. The molecule has 3 N–H and O–H groups in total. The number of aromatic nitrogens is 2. The summed E-state index contributed by atoms with van der Waals surface area (Å²) >= 11 is 0. The molecule has 14 heavy (non-hydrogen) atoms. The number of nitrogens with zero attached hydrogens (tertiary/aromatic N) is 1. The lowest BCUT2D eigenvalue weighted by molar-refractivity contribution is -0.120. The molecule has 1 amide bonds. The van der Waals surface area contributed by atoms with Crippen LogP contribution < -0.4 is 10.6 Å². The van der Waals surface area contributed by atoms with E-state index in [0.29, 0.717) is 13.1 Å². The number of hydrogen-bond acceptors (Lipinski definition) is 3. The van der Waals surface area contributed by atoms with Gasteiger partial charge in [0, 0.05) is 24.5 Å². The van der Waals surface area contributed by atoms with Crippen LogP contribution in [0.25, 0.3) is 0 Å². The zero-order chi connectivity index (χ0) is 10.4. The molecule has 5 nitrogen and oxygen atoms in total. The standard InChI is InChI=1S/C9H16N4O/c1-7(2)12-9(14)6-10-5-8-3-4-11-13-8/h3-4,7,10H,5-6H2,1-2H3,(H,11,13)(H,12,14). The fraction of sp³-hybridized carbons (Fsp3) is 0.556. The van der Waals surface area contributed by atoms with Crippen molar-refractivity contribution in [2.24, 2.45) is 0 Å². The molecule has 1 rings (SSSR count).